The molecule has 0 spiro atoms. The van der Waals surface area contributed by atoms with Crippen molar-refractivity contribution in [1.82, 2.24) is 0 Å². The van der Waals surface area contributed by atoms with Crippen LogP contribution < -0.4 is 4.74 Å². The van der Waals surface area contributed by atoms with Crippen LogP contribution in [0.3, 0.4) is 0 Å². The lowest BCUT2D eigenvalue weighted by atomic mass is 10.1. The molecule has 3 rings (SSSR count). The van der Waals surface area contributed by atoms with Crippen LogP contribution in [0.5, 0.6) is 5.75 Å². The highest BCUT2D eigenvalue weighted by Crippen LogP contribution is 2.30. The predicted molar refractivity (Wildman–Crippen MR) is 83.1 cm³/mol. The van der Waals surface area contributed by atoms with Gasteiger partial charge in [0.15, 0.2) is 5.78 Å². The number of hydrogen-bond donors (Lipinski definition) is 0. The molecule has 0 fully saturated rings. The molecule has 0 saturated carbocycles. The van der Waals surface area contributed by atoms with Crippen LogP contribution in [-0.4, -0.2) is 12.9 Å². The minimum absolute atomic E-state index is 0.132. The van der Waals surface area contributed by atoms with Crippen LogP contribution in [0.1, 0.15) is 21.5 Å². The SMILES string of the molecule is COc1ccc(C=C2Cc3ccccc3C2=O)cc1Br. The highest BCUT2D eigenvalue weighted by Gasteiger charge is 2.23. The molecule has 1 aliphatic carbocycles. The maximum Gasteiger partial charge on any atom is 0.189 e. The van der Waals surface area contributed by atoms with Gasteiger partial charge in [-0.2, -0.15) is 0 Å². The van der Waals surface area contributed by atoms with Crippen molar-refractivity contribution in [3.8, 4) is 5.75 Å². The lowest BCUT2D eigenvalue weighted by Crippen LogP contribution is -1.95. The summed E-state index contributed by atoms with van der Waals surface area (Å²) in [5, 5.41) is 0. The first-order chi connectivity index (χ1) is 9.69. The Morgan fingerprint density at radius 2 is 2.00 bits per heavy atom. The molecule has 0 radical (unpaired) electrons. The van der Waals surface area contributed by atoms with Gasteiger partial charge in [0.1, 0.15) is 5.75 Å². The van der Waals surface area contributed by atoms with Gasteiger partial charge >= 0.3 is 0 Å². The van der Waals surface area contributed by atoms with Gasteiger partial charge in [0.05, 0.1) is 11.6 Å². The van der Waals surface area contributed by atoms with E-state index in [1.54, 1.807) is 7.11 Å². The van der Waals surface area contributed by atoms with Gasteiger partial charge in [0.25, 0.3) is 0 Å². The van der Waals surface area contributed by atoms with Gasteiger partial charge in [0.2, 0.25) is 0 Å². The zero-order chi connectivity index (χ0) is 14.1. The Morgan fingerprint density at radius 1 is 1.20 bits per heavy atom. The van der Waals surface area contributed by atoms with Crippen molar-refractivity contribution in [2.75, 3.05) is 7.11 Å². The molecule has 3 heteroatoms. The van der Waals surface area contributed by atoms with Crippen molar-refractivity contribution in [2.24, 2.45) is 0 Å². The van der Waals surface area contributed by atoms with E-state index in [0.717, 1.165) is 32.5 Å². The number of ether oxygens (including phenoxy) is 1. The van der Waals surface area contributed by atoms with Crippen LogP contribution in [0.25, 0.3) is 6.08 Å². The van der Waals surface area contributed by atoms with Crippen LogP contribution in [0.15, 0.2) is 52.5 Å². The lowest BCUT2D eigenvalue weighted by molar-refractivity contribution is 0.104. The van der Waals surface area contributed by atoms with E-state index < -0.39 is 0 Å². The first-order valence-electron chi connectivity index (χ1n) is 6.36. The van der Waals surface area contributed by atoms with Crippen LogP contribution in [0, 0.1) is 0 Å². The standard InChI is InChI=1S/C17H13BrO2/c1-20-16-7-6-11(9-15(16)18)8-13-10-12-4-2-3-5-14(12)17(13)19/h2-9H,10H2,1H3. The lowest BCUT2D eigenvalue weighted by Gasteiger charge is -2.04. The highest BCUT2D eigenvalue weighted by atomic mass is 79.9. The quantitative estimate of drug-likeness (QED) is 0.769. The Labute approximate surface area is 126 Å². The number of methoxy groups -OCH3 is 1. The van der Waals surface area contributed by atoms with Gasteiger partial charge in [0, 0.05) is 17.6 Å². The molecular weight excluding hydrogens is 316 g/mol. The molecule has 0 heterocycles. The number of ketones is 1. The number of rotatable bonds is 2. The van der Waals surface area contributed by atoms with Crippen LogP contribution in [-0.2, 0) is 6.42 Å². The Morgan fingerprint density at radius 3 is 2.70 bits per heavy atom. The number of carbonyl (C=O) groups excluding carboxylic acids is 1. The summed E-state index contributed by atoms with van der Waals surface area (Å²) in [7, 11) is 1.63. The number of carbonyl (C=O) groups is 1. The fraction of sp³-hybridized carbons (Fsp3) is 0.118. The summed E-state index contributed by atoms with van der Waals surface area (Å²) in [6, 6.07) is 13.6. The summed E-state index contributed by atoms with van der Waals surface area (Å²) >= 11 is 3.46. The maximum absolute atomic E-state index is 12.3. The van der Waals surface area contributed by atoms with E-state index in [9.17, 15) is 4.79 Å². The third-order valence-electron chi connectivity index (χ3n) is 3.45. The molecule has 100 valence electrons. The van der Waals surface area contributed by atoms with Gasteiger partial charge in [-0.1, -0.05) is 30.3 Å². The van der Waals surface area contributed by atoms with Gasteiger partial charge in [-0.3, -0.25) is 4.79 Å². The fourth-order valence-corrected chi connectivity index (χ4v) is 3.00. The largest absolute Gasteiger partial charge is 0.496 e. The van der Waals surface area contributed by atoms with Gasteiger partial charge < -0.3 is 4.74 Å². The molecule has 0 amide bonds. The minimum Gasteiger partial charge on any atom is -0.496 e. The van der Waals surface area contributed by atoms with E-state index in [2.05, 4.69) is 15.9 Å². The fourth-order valence-electron chi connectivity index (χ4n) is 2.44. The third-order valence-corrected chi connectivity index (χ3v) is 4.07. The van der Waals surface area contributed by atoms with E-state index >= 15 is 0 Å². The van der Waals surface area contributed by atoms with Crippen molar-refractivity contribution in [3.63, 3.8) is 0 Å². The number of hydrogen-bond acceptors (Lipinski definition) is 2. The summed E-state index contributed by atoms with van der Waals surface area (Å²) in [6.45, 7) is 0. The van der Waals surface area contributed by atoms with Crippen LogP contribution >= 0.6 is 15.9 Å². The molecule has 0 bridgehead atoms. The maximum atomic E-state index is 12.3. The molecule has 0 aromatic heterocycles. The molecule has 0 N–H and O–H groups in total. The van der Waals surface area contributed by atoms with E-state index in [0.29, 0.717) is 6.42 Å². The smallest absolute Gasteiger partial charge is 0.189 e. The van der Waals surface area contributed by atoms with Crippen molar-refractivity contribution in [3.05, 3.63) is 69.2 Å². The topological polar surface area (TPSA) is 26.3 Å². The number of halogens is 1. The Bertz CT molecular complexity index is 717. The molecule has 0 unspecified atom stereocenters. The molecular formula is C17H13BrO2. The summed E-state index contributed by atoms with van der Waals surface area (Å²) in [6.07, 6.45) is 2.66. The Kier molecular flexibility index (Phi) is 3.45. The van der Waals surface area contributed by atoms with Gasteiger partial charge in [-0.05, 0) is 45.3 Å². The first kappa shape index (κ1) is 13.1. The van der Waals surface area contributed by atoms with E-state index in [-0.39, 0.29) is 5.78 Å². The zero-order valence-corrected chi connectivity index (χ0v) is 12.6. The average Bonchev–Trinajstić information content (AvgIpc) is 2.76. The monoisotopic (exact) mass is 328 g/mol. The van der Waals surface area contributed by atoms with Crippen molar-refractivity contribution in [1.29, 1.82) is 0 Å². The minimum atomic E-state index is 0.132. The number of fused-ring (bicyclic) bond motifs is 1. The molecule has 2 aromatic carbocycles. The first-order valence-corrected chi connectivity index (χ1v) is 7.15. The third kappa shape index (κ3) is 2.29. The molecule has 1 aliphatic rings. The van der Waals surface area contributed by atoms with Gasteiger partial charge in [-0.25, -0.2) is 0 Å². The summed E-state index contributed by atoms with van der Waals surface area (Å²) in [4.78, 5) is 12.3. The second kappa shape index (κ2) is 5.25. The Balaban J connectivity index is 1.95. The zero-order valence-electron chi connectivity index (χ0n) is 11.0. The van der Waals surface area contributed by atoms with Gasteiger partial charge in [-0.15, -0.1) is 0 Å². The second-order valence-corrected chi connectivity index (χ2v) is 5.58. The predicted octanol–water partition coefficient (Wildman–Crippen LogP) is 4.28. The van der Waals surface area contributed by atoms with Crippen molar-refractivity contribution < 1.29 is 9.53 Å². The second-order valence-electron chi connectivity index (χ2n) is 4.73. The summed E-state index contributed by atoms with van der Waals surface area (Å²) in [5.74, 6) is 0.917. The molecule has 0 atom stereocenters. The number of allylic oxidation sites excluding steroid dienone is 1. The molecule has 0 saturated heterocycles. The summed E-state index contributed by atoms with van der Waals surface area (Å²) < 4.78 is 6.09. The molecule has 20 heavy (non-hydrogen) atoms. The van der Waals surface area contributed by atoms with Crippen LogP contribution in [0.2, 0.25) is 0 Å². The molecule has 2 aromatic rings. The Hall–Kier alpha value is -1.87. The van der Waals surface area contributed by atoms with Crippen LogP contribution in [0.4, 0.5) is 0 Å². The van der Waals surface area contributed by atoms with E-state index in [1.807, 2.05) is 48.5 Å². The van der Waals surface area contributed by atoms with Crippen molar-refractivity contribution >= 4 is 27.8 Å². The highest BCUT2D eigenvalue weighted by molar-refractivity contribution is 9.10. The number of Topliss-reactive ketones (excluding diaryl/α,β-unsaturated/α-hetero) is 1. The number of benzene rings is 2. The average molecular weight is 329 g/mol. The molecule has 2 nitrogen and oxygen atoms in total. The normalized spacial score (nSPS) is 15.5. The summed E-state index contributed by atoms with van der Waals surface area (Å²) in [5.41, 5.74) is 3.76. The van der Waals surface area contributed by atoms with E-state index in [1.165, 1.54) is 0 Å². The molecule has 0 aliphatic heterocycles. The van der Waals surface area contributed by atoms with Crippen molar-refractivity contribution in [2.45, 2.75) is 6.42 Å². The van der Waals surface area contributed by atoms with E-state index in [4.69, 9.17) is 4.74 Å².